The van der Waals surface area contributed by atoms with Crippen LogP contribution in [0.1, 0.15) is 26.7 Å². The summed E-state index contributed by atoms with van der Waals surface area (Å²) in [6.45, 7) is 5.16. The van der Waals surface area contributed by atoms with Crippen molar-refractivity contribution in [3.8, 4) is 0 Å². The van der Waals surface area contributed by atoms with Crippen molar-refractivity contribution in [3.05, 3.63) is 53.6 Å². The number of halogens is 1. The van der Waals surface area contributed by atoms with Gasteiger partial charge in [-0.25, -0.2) is 21.1 Å². The summed E-state index contributed by atoms with van der Waals surface area (Å²) < 4.78 is 53.4. The van der Waals surface area contributed by atoms with Crippen LogP contribution < -0.4 is 9.62 Å². The molecule has 0 radical (unpaired) electrons. The minimum Gasteiger partial charge on any atom is -0.382 e. The summed E-state index contributed by atoms with van der Waals surface area (Å²) in [5, 5.41) is 3.84. The van der Waals surface area contributed by atoms with Crippen molar-refractivity contribution in [2.45, 2.75) is 37.6 Å². The van der Waals surface area contributed by atoms with E-state index in [0.29, 0.717) is 48.9 Å². The van der Waals surface area contributed by atoms with Gasteiger partial charge in [-0.05, 0) is 55.2 Å². The Labute approximate surface area is 196 Å². The molecule has 32 heavy (non-hydrogen) atoms. The molecule has 1 heterocycles. The number of hydrogen-bond acceptors (Lipinski definition) is 5. The molecule has 0 aromatic heterocycles. The van der Waals surface area contributed by atoms with Crippen LogP contribution in [0.2, 0.25) is 5.02 Å². The van der Waals surface area contributed by atoms with Gasteiger partial charge in [0.1, 0.15) is 0 Å². The predicted molar refractivity (Wildman–Crippen MR) is 130 cm³/mol. The molecule has 0 amide bonds. The number of rotatable bonds is 8. The van der Waals surface area contributed by atoms with Gasteiger partial charge in [0.15, 0.2) is 0 Å². The van der Waals surface area contributed by atoms with Gasteiger partial charge < -0.3 is 5.32 Å². The molecule has 2 aromatic rings. The molecule has 1 aliphatic rings. The van der Waals surface area contributed by atoms with Gasteiger partial charge >= 0.3 is 0 Å². The van der Waals surface area contributed by atoms with Gasteiger partial charge in [0.2, 0.25) is 10.0 Å². The van der Waals surface area contributed by atoms with E-state index in [1.807, 2.05) is 19.9 Å². The highest BCUT2D eigenvalue weighted by molar-refractivity contribution is 7.92. The number of nitrogens with one attached hydrogen (secondary N) is 1. The average Bonchev–Trinajstić information content (AvgIpc) is 2.72. The zero-order chi connectivity index (χ0) is 23.5. The smallest absolute Gasteiger partial charge is 0.264 e. The molecule has 1 fully saturated rings. The summed E-state index contributed by atoms with van der Waals surface area (Å²) in [5.41, 5.74) is 1.22. The van der Waals surface area contributed by atoms with Crippen LogP contribution in [0.4, 0.5) is 11.4 Å². The highest BCUT2D eigenvalue weighted by atomic mass is 35.5. The van der Waals surface area contributed by atoms with Crippen molar-refractivity contribution in [1.82, 2.24) is 4.31 Å². The maximum Gasteiger partial charge on any atom is 0.264 e. The van der Waals surface area contributed by atoms with Crippen LogP contribution in [0.15, 0.2) is 53.4 Å². The number of benzene rings is 2. The van der Waals surface area contributed by atoms with Crippen LogP contribution in [0.3, 0.4) is 0 Å². The summed E-state index contributed by atoms with van der Waals surface area (Å²) in [4.78, 5) is 0.191. The Bertz CT molecular complexity index is 1150. The molecule has 0 aliphatic carbocycles. The van der Waals surface area contributed by atoms with Crippen molar-refractivity contribution < 1.29 is 16.8 Å². The van der Waals surface area contributed by atoms with E-state index in [1.54, 1.807) is 42.5 Å². The first-order valence-electron chi connectivity index (χ1n) is 10.6. The monoisotopic (exact) mass is 499 g/mol. The lowest BCUT2D eigenvalue weighted by atomic mass is 10.1. The van der Waals surface area contributed by atoms with Crippen LogP contribution in [-0.4, -0.2) is 53.1 Å². The van der Waals surface area contributed by atoms with E-state index in [1.165, 1.54) is 14.9 Å². The van der Waals surface area contributed by atoms with Crippen LogP contribution in [-0.2, 0) is 20.0 Å². The molecule has 2 aromatic carbocycles. The van der Waals surface area contributed by atoms with Crippen LogP contribution in [0, 0.1) is 5.92 Å². The van der Waals surface area contributed by atoms with Gasteiger partial charge in [0.25, 0.3) is 10.0 Å². The second-order valence-corrected chi connectivity index (χ2v) is 12.8. The summed E-state index contributed by atoms with van der Waals surface area (Å²) in [6.07, 6.45) is 2.54. The third-order valence-electron chi connectivity index (χ3n) is 5.34. The molecule has 10 heteroatoms. The first kappa shape index (κ1) is 24.8. The van der Waals surface area contributed by atoms with Crippen LogP contribution in [0.5, 0.6) is 0 Å². The normalized spacial score (nSPS) is 16.3. The van der Waals surface area contributed by atoms with Crippen molar-refractivity contribution in [1.29, 1.82) is 0 Å². The van der Waals surface area contributed by atoms with Gasteiger partial charge in [-0.3, -0.25) is 4.31 Å². The van der Waals surface area contributed by atoms with E-state index < -0.39 is 20.0 Å². The molecule has 1 saturated heterocycles. The zero-order valence-corrected chi connectivity index (χ0v) is 20.9. The largest absolute Gasteiger partial charge is 0.382 e. The number of piperidine rings is 1. The highest BCUT2D eigenvalue weighted by Gasteiger charge is 2.27. The Balaban J connectivity index is 1.82. The van der Waals surface area contributed by atoms with E-state index in [2.05, 4.69) is 5.32 Å². The van der Waals surface area contributed by atoms with Gasteiger partial charge in [-0.1, -0.05) is 37.6 Å². The van der Waals surface area contributed by atoms with Gasteiger partial charge in [0, 0.05) is 36.4 Å². The lowest BCUT2D eigenvalue weighted by Crippen LogP contribution is -2.41. The molecule has 0 bridgehead atoms. The zero-order valence-electron chi connectivity index (χ0n) is 18.5. The second-order valence-electron chi connectivity index (χ2n) is 8.52. The van der Waals surface area contributed by atoms with Gasteiger partial charge in [0.05, 0.1) is 16.8 Å². The van der Waals surface area contributed by atoms with Crippen molar-refractivity contribution in [3.63, 3.8) is 0 Å². The van der Waals surface area contributed by atoms with Crippen molar-refractivity contribution in [2.24, 2.45) is 5.92 Å². The van der Waals surface area contributed by atoms with E-state index in [9.17, 15) is 16.8 Å². The molecule has 0 saturated carbocycles. The Morgan fingerprint density at radius 2 is 1.72 bits per heavy atom. The van der Waals surface area contributed by atoms with Crippen LogP contribution in [0.25, 0.3) is 0 Å². The fourth-order valence-electron chi connectivity index (χ4n) is 3.75. The third kappa shape index (κ3) is 6.15. The van der Waals surface area contributed by atoms with Crippen LogP contribution >= 0.6 is 11.6 Å². The summed E-state index contributed by atoms with van der Waals surface area (Å²) in [6, 6.07) is 13.7. The quantitative estimate of drug-likeness (QED) is 0.592. The summed E-state index contributed by atoms with van der Waals surface area (Å²) in [7, 11) is -7.00. The van der Waals surface area contributed by atoms with E-state index in [4.69, 9.17) is 11.6 Å². The van der Waals surface area contributed by atoms with Gasteiger partial charge in [-0.15, -0.1) is 0 Å². The first-order valence-corrected chi connectivity index (χ1v) is 14.2. The maximum absolute atomic E-state index is 13.6. The van der Waals surface area contributed by atoms with E-state index in [-0.39, 0.29) is 16.9 Å². The third-order valence-corrected chi connectivity index (χ3v) is 8.67. The molecular formula is C22H30ClN3O4S2. The number of sulfonamides is 2. The Morgan fingerprint density at radius 3 is 2.31 bits per heavy atom. The first-order chi connectivity index (χ1) is 15.0. The maximum atomic E-state index is 13.6. The Morgan fingerprint density at radius 1 is 1.06 bits per heavy atom. The second kappa shape index (κ2) is 9.99. The minimum atomic E-state index is -3.81. The van der Waals surface area contributed by atoms with E-state index in [0.717, 1.165) is 0 Å². The number of nitrogens with zero attached hydrogens (tertiary/aromatic N) is 2. The Kier molecular flexibility index (Phi) is 7.75. The molecule has 3 rings (SSSR count). The molecule has 176 valence electrons. The molecule has 1 N–H and O–H groups in total. The molecule has 7 nitrogen and oxygen atoms in total. The fourth-order valence-corrected chi connectivity index (χ4v) is 6.47. The predicted octanol–water partition coefficient (Wildman–Crippen LogP) is 4.03. The topological polar surface area (TPSA) is 86.8 Å². The summed E-state index contributed by atoms with van der Waals surface area (Å²) in [5.74, 6) is 0.116. The minimum absolute atomic E-state index is 0.0747. The standard InChI is InChI=1S/C22H30ClN3O4S2/c1-17(2)16-26(21-8-4-6-18(23)14-21)32(29,30)22-9-5-7-20(15-22)24-19-10-12-25(13-11-19)31(3,27)28/h4-9,14-15,17,19,24H,10-13,16H2,1-3H3. The average molecular weight is 500 g/mol. The molecule has 0 unspecified atom stereocenters. The highest BCUT2D eigenvalue weighted by Crippen LogP contribution is 2.29. The molecule has 1 aliphatic heterocycles. The molecular weight excluding hydrogens is 470 g/mol. The van der Waals surface area contributed by atoms with Crippen molar-refractivity contribution in [2.75, 3.05) is 35.5 Å². The number of hydrogen-bond donors (Lipinski definition) is 1. The number of anilines is 2. The molecule has 0 atom stereocenters. The summed E-state index contributed by atoms with van der Waals surface area (Å²) >= 11 is 6.12. The molecule has 0 spiro atoms. The SMILES string of the molecule is CC(C)CN(c1cccc(Cl)c1)S(=O)(=O)c1cccc(NC2CCN(S(C)(=O)=O)CC2)c1. The van der Waals surface area contributed by atoms with E-state index >= 15 is 0 Å². The van der Waals surface area contributed by atoms with Gasteiger partial charge in [-0.2, -0.15) is 0 Å². The van der Waals surface area contributed by atoms with Crippen molar-refractivity contribution >= 4 is 43.0 Å². The lowest BCUT2D eigenvalue weighted by molar-refractivity contribution is 0.332. The fraction of sp³-hybridized carbons (Fsp3) is 0.455. The lowest BCUT2D eigenvalue weighted by Gasteiger charge is -2.31. The Hall–Kier alpha value is -1.81.